The van der Waals surface area contributed by atoms with Gasteiger partial charge in [-0.2, -0.15) is 9.13 Å². The first kappa shape index (κ1) is 30.6. The molecule has 40 heavy (non-hydrogen) atoms. The number of rotatable bonds is 7. The van der Waals surface area contributed by atoms with Crippen LogP contribution in [0.2, 0.25) is 0 Å². The summed E-state index contributed by atoms with van der Waals surface area (Å²) in [5.41, 5.74) is 14.2. The molecule has 0 N–H and O–H groups in total. The molecule has 4 aromatic rings. The molecule has 2 heterocycles. The van der Waals surface area contributed by atoms with Gasteiger partial charge in [-0.05, 0) is 103 Å². The van der Waals surface area contributed by atoms with Gasteiger partial charge in [-0.15, -0.1) is 0 Å². The monoisotopic (exact) mass is 536 g/mol. The molecule has 0 aliphatic heterocycles. The van der Waals surface area contributed by atoms with Crippen molar-refractivity contribution in [3.05, 3.63) is 123 Å². The normalized spacial score (nSPS) is 10.6. The van der Waals surface area contributed by atoms with Crippen molar-refractivity contribution in [3.8, 4) is 17.4 Å². The molecule has 0 radical (unpaired) electrons. The maximum absolute atomic E-state index is 6.55. The number of allylic oxidation sites excluding steroid dienone is 3. The summed E-state index contributed by atoms with van der Waals surface area (Å²) in [4.78, 5) is 4.75. The number of aromatic nitrogens is 3. The van der Waals surface area contributed by atoms with Gasteiger partial charge in [0.05, 0.1) is 5.69 Å². The number of hydrogen-bond donors (Lipinski definition) is 0. The smallest absolute Gasteiger partial charge is 0.424 e. The van der Waals surface area contributed by atoms with Gasteiger partial charge in [0.1, 0.15) is 30.4 Å². The van der Waals surface area contributed by atoms with E-state index in [9.17, 15) is 0 Å². The zero-order valence-electron chi connectivity index (χ0n) is 26.1. The Kier molecular flexibility index (Phi) is 10.3. The van der Waals surface area contributed by atoms with Gasteiger partial charge in [0.15, 0.2) is 0 Å². The second-order valence-corrected chi connectivity index (χ2v) is 11.1. The summed E-state index contributed by atoms with van der Waals surface area (Å²) >= 11 is 0. The lowest BCUT2D eigenvalue weighted by molar-refractivity contribution is -0.604. The first-order valence-corrected chi connectivity index (χ1v) is 14.1. The largest absolute Gasteiger partial charge is 0.467 e. The fourth-order valence-electron chi connectivity index (χ4n) is 5.40. The van der Waals surface area contributed by atoms with Crippen molar-refractivity contribution in [2.45, 2.75) is 82.3 Å². The second-order valence-electron chi connectivity index (χ2n) is 11.1. The van der Waals surface area contributed by atoms with Crippen molar-refractivity contribution in [2.24, 2.45) is 0 Å². The standard InChI is InChI=1S/C29H34N3O.C7H12/c1-8-25-10-9-11-26(30-25)18-33-29-31(27-21(4)14-19(2)15-22(27)5)12-13-32(29)28-23(6)16-20(3)17-24(28)7;1-6(2)5-7(3)4/h9-17H,8,18H2,1-7H3;5H,1H2,2-4H3/q+1;. The molecule has 0 saturated carbocycles. The zero-order chi connectivity index (χ0) is 29.6. The fraction of sp³-hybridized carbons (Fsp3) is 0.333. The third kappa shape index (κ3) is 7.59. The number of pyridine rings is 1. The minimum atomic E-state index is 0.408. The average molecular weight is 537 g/mol. The summed E-state index contributed by atoms with van der Waals surface area (Å²) in [6.07, 6.45) is 7.18. The molecule has 0 bridgehead atoms. The Morgan fingerprint density at radius 1 is 0.875 bits per heavy atom. The Morgan fingerprint density at radius 2 is 1.43 bits per heavy atom. The molecule has 4 rings (SSSR count). The van der Waals surface area contributed by atoms with E-state index < -0.39 is 0 Å². The highest BCUT2D eigenvalue weighted by Crippen LogP contribution is 2.27. The summed E-state index contributed by atoms with van der Waals surface area (Å²) in [7, 11) is 0. The Hall–Kier alpha value is -3.92. The van der Waals surface area contributed by atoms with Crippen LogP contribution in [0.15, 0.2) is 78.7 Å². The van der Waals surface area contributed by atoms with Crippen LogP contribution in [-0.2, 0) is 13.0 Å². The predicted molar refractivity (Wildman–Crippen MR) is 168 cm³/mol. The number of hydrogen-bond acceptors (Lipinski definition) is 2. The van der Waals surface area contributed by atoms with Crippen molar-refractivity contribution in [1.29, 1.82) is 0 Å². The predicted octanol–water partition coefficient (Wildman–Crippen LogP) is 8.67. The first-order chi connectivity index (χ1) is 18.9. The molecule has 0 aliphatic carbocycles. The van der Waals surface area contributed by atoms with Gasteiger partial charge in [-0.3, -0.25) is 4.98 Å². The molecule has 0 atom stereocenters. The van der Waals surface area contributed by atoms with E-state index in [1.165, 1.54) is 39.0 Å². The molecule has 0 unspecified atom stereocenters. The molecular weight excluding hydrogens is 490 g/mol. The van der Waals surface area contributed by atoms with Crippen molar-refractivity contribution in [3.63, 3.8) is 0 Å². The molecule has 210 valence electrons. The van der Waals surface area contributed by atoms with Gasteiger partial charge >= 0.3 is 6.01 Å². The van der Waals surface area contributed by atoms with Gasteiger partial charge in [0.25, 0.3) is 0 Å². The molecule has 2 aromatic carbocycles. The zero-order valence-corrected chi connectivity index (χ0v) is 26.1. The van der Waals surface area contributed by atoms with Crippen LogP contribution in [0.3, 0.4) is 0 Å². The molecule has 0 saturated heterocycles. The van der Waals surface area contributed by atoms with Gasteiger partial charge in [-0.25, -0.2) is 0 Å². The van der Waals surface area contributed by atoms with Crippen LogP contribution in [0.4, 0.5) is 0 Å². The molecule has 2 aromatic heterocycles. The summed E-state index contributed by atoms with van der Waals surface area (Å²) in [5, 5.41) is 0. The fourth-order valence-corrected chi connectivity index (χ4v) is 5.40. The molecule has 0 amide bonds. The van der Waals surface area contributed by atoms with Crippen molar-refractivity contribution >= 4 is 0 Å². The van der Waals surface area contributed by atoms with E-state index in [4.69, 9.17) is 9.72 Å². The molecule has 0 aliphatic rings. The second kappa shape index (κ2) is 13.4. The van der Waals surface area contributed by atoms with E-state index in [1.807, 2.05) is 13.0 Å². The summed E-state index contributed by atoms with van der Waals surface area (Å²) in [5.74, 6) is 0. The molecular formula is C36H46N3O+. The van der Waals surface area contributed by atoms with Crippen LogP contribution in [0.1, 0.15) is 72.5 Å². The Bertz CT molecular complexity index is 1410. The lowest BCUT2D eigenvalue weighted by atomic mass is 10.0. The van der Waals surface area contributed by atoms with Crippen molar-refractivity contribution in [2.75, 3.05) is 0 Å². The van der Waals surface area contributed by atoms with Gasteiger partial charge in [-0.1, -0.05) is 72.2 Å². The minimum Gasteiger partial charge on any atom is -0.424 e. The third-order valence-corrected chi connectivity index (χ3v) is 6.64. The maximum Gasteiger partial charge on any atom is 0.467 e. The minimum absolute atomic E-state index is 0.408. The Morgan fingerprint density at radius 3 is 1.93 bits per heavy atom. The summed E-state index contributed by atoms with van der Waals surface area (Å²) in [6, 6.07) is 15.8. The topological polar surface area (TPSA) is 30.9 Å². The summed E-state index contributed by atoms with van der Waals surface area (Å²) < 4.78 is 10.9. The highest BCUT2D eigenvalue weighted by molar-refractivity contribution is 5.51. The molecule has 0 fully saturated rings. The van der Waals surface area contributed by atoms with Crippen molar-refractivity contribution in [1.82, 2.24) is 9.55 Å². The lowest BCUT2D eigenvalue weighted by Crippen LogP contribution is -2.33. The van der Waals surface area contributed by atoms with Crippen LogP contribution < -0.4 is 9.30 Å². The van der Waals surface area contributed by atoms with Crippen LogP contribution in [0.25, 0.3) is 11.4 Å². The highest BCUT2D eigenvalue weighted by Gasteiger charge is 2.27. The summed E-state index contributed by atoms with van der Waals surface area (Å²) in [6.45, 7) is 25.3. The molecule has 4 heteroatoms. The number of imidazole rings is 1. The molecule has 4 nitrogen and oxygen atoms in total. The van der Waals surface area contributed by atoms with E-state index in [2.05, 4.69) is 133 Å². The van der Waals surface area contributed by atoms with E-state index in [0.29, 0.717) is 6.61 Å². The van der Waals surface area contributed by atoms with Crippen LogP contribution in [-0.4, -0.2) is 9.55 Å². The SMILES string of the molecule is C=C(C)C=C(C)C.CCc1cccc(COc2n(-c3c(C)cc(C)cc3C)cc[n+]2-c2c(C)cc(C)cc2C)n1. The third-order valence-electron chi connectivity index (χ3n) is 6.64. The van der Waals surface area contributed by atoms with Crippen molar-refractivity contribution < 1.29 is 9.30 Å². The number of aryl methyl sites for hydroxylation is 7. The molecule has 0 spiro atoms. The van der Waals surface area contributed by atoms with E-state index in [-0.39, 0.29) is 0 Å². The highest BCUT2D eigenvalue weighted by atomic mass is 16.5. The first-order valence-electron chi connectivity index (χ1n) is 14.1. The Balaban J connectivity index is 0.000000559. The van der Waals surface area contributed by atoms with E-state index in [1.54, 1.807) is 0 Å². The van der Waals surface area contributed by atoms with Gasteiger partial charge in [0.2, 0.25) is 0 Å². The van der Waals surface area contributed by atoms with Crippen LogP contribution in [0, 0.1) is 41.5 Å². The Labute approximate surface area is 241 Å². The van der Waals surface area contributed by atoms with E-state index in [0.717, 1.165) is 40.8 Å². The van der Waals surface area contributed by atoms with Crippen LogP contribution >= 0.6 is 0 Å². The van der Waals surface area contributed by atoms with Crippen LogP contribution in [0.5, 0.6) is 6.01 Å². The van der Waals surface area contributed by atoms with E-state index >= 15 is 0 Å². The number of ether oxygens (including phenoxy) is 1. The average Bonchev–Trinajstić information content (AvgIpc) is 3.24. The van der Waals surface area contributed by atoms with Gasteiger partial charge < -0.3 is 4.74 Å². The number of benzene rings is 2. The van der Waals surface area contributed by atoms with Gasteiger partial charge in [0, 0.05) is 5.69 Å². The lowest BCUT2D eigenvalue weighted by Gasteiger charge is -2.13. The maximum atomic E-state index is 6.55. The quantitative estimate of drug-likeness (QED) is 0.175. The number of nitrogens with zero attached hydrogens (tertiary/aromatic N) is 3.